The minimum Gasteiger partial charge on any atom is -0.0879 e. The maximum absolute atomic E-state index is 2.50. The first-order chi connectivity index (χ1) is 11.3. The van der Waals surface area contributed by atoms with Crippen LogP contribution in [0.1, 0.15) is 32.3 Å². The molecule has 0 amide bonds. The van der Waals surface area contributed by atoms with Crippen LogP contribution in [0.3, 0.4) is 0 Å². The van der Waals surface area contributed by atoms with Gasteiger partial charge in [-0.3, -0.25) is 0 Å². The maximum atomic E-state index is 2.50. The van der Waals surface area contributed by atoms with Crippen LogP contribution in [-0.2, 0) is 6.42 Å². The Kier molecular flexibility index (Phi) is 5.12. The van der Waals surface area contributed by atoms with Crippen LogP contribution in [-0.4, -0.2) is 0 Å². The Morgan fingerprint density at radius 1 is 1.13 bits per heavy atom. The molecule has 1 aromatic rings. The summed E-state index contributed by atoms with van der Waals surface area (Å²) in [6.07, 6.45) is 19.5. The highest BCUT2D eigenvalue weighted by molar-refractivity contribution is 5.42. The minimum absolute atomic E-state index is 0.457. The number of rotatable bonds is 5. The number of hydrogen-bond acceptors (Lipinski definition) is 0. The van der Waals surface area contributed by atoms with Gasteiger partial charge in [0.25, 0.3) is 0 Å². The second-order valence-corrected chi connectivity index (χ2v) is 6.45. The molecule has 0 heteroatoms. The van der Waals surface area contributed by atoms with Gasteiger partial charge in [0, 0.05) is 11.8 Å². The van der Waals surface area contributed by atoms with Gasteiger partial charge in [-0.05, 0) is 37.3 Å². The topological polar surface area (TPSA) is 0 Å². The average Bonchev–Trinajstić information content (AvgIpc) is 3.11. The molecule has 0 saturated heterocycles. The van der Waals surface area contributed by atoms with E-state index in [1.165, 1.54) is 11.1 Å². The van der Waals surface area contributed by atoms with Crippen molar-refractivity contribution in [2.75, 3.05) is 0 Å². The Bertz CT molecular complexity index is 668. The molecule has 0 heterocycles. The summed E-state index contributed by atoms with van der Waals surface area (Å²) >= 11 is 0. The van der Waals surface area contributed by atoms with Crippen molar-refractivity contribution in [1.29, 1.82) is 0 Å². The van der Waals surface area contributed by atoms with E-state index in [1.807, 2.05) is 0 Å². The highest BCUT2D eigenvalue weighted by Gasteiger charge is 2.21. The van der Waals surface area contributed by atoms with Crippen LogP contribution < -0.4 is 0 Å². The second kappa shape index (κ2) is 7.46. The van der Waals surface area contributed by atoms with Gasteiger partial charge in [-0.25, -0.2) is 0 Å². The lowest BCUT2D eigenvalue weighted by Crippen LogP contribution is -2.12. The lowest BCUT2D eigenvalue weighted by Gasteiger charge is -2.25. The van der Waals surface area contributed by atoms with Gasteiger partial charge in [-0.1, -0.05) is 90.9 Å². The predicted octanol–water partition coefficient (Wildman–Crippen LogP) is 6.20. The molecule has 0 radical (unpaired) electrons. The molecule has 0 bridgehead atoms. The molecule has 0 aromatic heterocycles. The molecule has 0 nitrogen and oxygen atoms in total. The van der Waals surface area contributed by atoms with Gasteiger partial charge in [0.15, 0.2) is 0 Å². The van der Waals surface area contributed by atoms with Crippen molar-refractivity contribution < 1.29 is 0 Å². The van der Waals surface area contributed by atoms with Crippen molar-refractivity contribution in [2.45, 2.75) is 33.1 Å². The summed E-state index contributed by atoms with van der Waals surface area (Å²) in [5, 5.41) is 0. The van der Waals surface area contributed by atoms with Crippen molar-refractivity contribution in [3.8, 4) is 0 Å². The lowest BCUT2D eigenvalue weighted by molar-refractivity contribution is 0.678. The van der Waals surface area contributed by atoms with E-state index in [-0.39, 0.29) is 0 Å². The third kappa shape index (κ3) is 3.82. The van der Waals surface area contributed by atoms with Crippen LogP contribution in [0.15, 0.2) is 89.6 Å². The average molecular weight is 302 g/mol. The molecule has 0 saturated carbocycles. The quantitative estimate of drug-likeness (QED) is 0.568. The predicted molar refractivity (Wildman–Crippen MR) is 100 cm³/mol. The van der Waals surface area contributed by atoms with E-state index in [9.17, 15) is 0 Å². The lowest BCUT2D eigenvalue weighted by atomic mass is 9.79. The first-order valence-electron chi connectivity index (χ1n) is 8.75. The zero-order chi connectivity index (χ0) is 16.1. The fourth-order valence-electron chi connectivity index (χ4n) is 3.68. The van der Waals surface area contributed by atoms with Gasteiger partial charge in [0.1, 0.15) is 0 Å². The highest BCUT2D eigenvalue weighted by atomic mass is 14.3. The smallest absolute Gasteiger partial charge is 0.0201 e. The summed E-state index contributed by atoms with van der Waals surface area (Å²) in [7, 11) is 0. The second-order valence-electron chi connectivity index (χ2n) is 6.45. The van der Waals surface area contributed by atoms with E-state index in [0.29, 0.717) is 11.8 Å². The Hall–Kier alpha value is -2.08. The number of allylic oxidation sites excluding steroid dienone is 10. The number of hydrogen-bond donors (Lipinski definition) is 0. The van der Waals surface area contributed by atoms with E-state index in [1.54, 1.807) is 11.1 Å². The van der Waals surface area contributed by atoms with Gasteiger partial charge in [-0.2, -0.15) is 0 Å². The van der Waals surface area contributed by atoms with Gasteiger partial charge in [0.05, 0.1) is 0 Å². The molecular formula is C23H26. The Balaban J connectivity index is 1.88. The van der Waals surface area contributed by atoms with Crippen LogP contribution in [0, 0.1) is 11.8 Å². The highest BCUT2D eigenvalue weighted by Crippen LogP contribution is 2.35. The van der Waals surface area contributed by atoms with E-state index in [2.05, 4.69) is 86.7 Å². The zero-order valence-corrected chi connectivity index (χ0v) is 14.2. The van der Waals surface area contributed by atoms with Gasteiger partial charge < -0.3 is 0 Å². The van der Waals surface area contributed by atoms with Crippen LogP contribution in [0.4, 0.5) is 0 Å². The van der Waals surface area contributed by atoms with Crippen LogP contribution in [0.5, 0.6) is 0 Å². The molecule has 3 rings (SSSR count). The van der Waals surface area contributed by atoms with Crippen molar-refractivity contribution >= 4 is 0 Å². The largest absolute Gasteiger partial charge is 0.0879 e. The van der Waals surface area contributed by atoms with E-state index in [0.717, 1.165) is 19.3 Å². The SMILES string of the molecule is C/C=C(\CC)C1C=C(C2C=CC=C2)C=C(Cc2ccccc2)C1. The summed E-state index contributed by atoms with van der Waals surface area (Å²) < 4.78 is 0. The maximum Gasteiger partial charge on any atom is 0.0201 e. The molecule has 2 aliphatic rings. The molecule has 0 aliphatic heterocycles. The first-order valence-corrected chi connectivity index (χ1v) is 8.75. The molecule has 1 aromatic carbocycles. The fraction of sp³-hybridized carbons (Fsp3) is 0.304. The molecule has 1 unspecified atom stereocenters. The summed E-state index contributed by atoms with van der Waals surface area (Å²) in [6, 6.07) is 10.8. The number of benzene rings is 1. The van der Waals surface area contributed by atoms with E-state index in [4.69, 9.17) is 0 Å². The Morgan fingerprint density at radius 2 is 1.87 bits per heavy atom. The summed E-state index contributed by atoms with van der Waals surface area (Å²) in [5.74, 6) is 1.02. The summed E-state index contributed by atoms with van der Waals surface area (Å²) in [5.41, 5.74) is 5.99. The third-order valence-electron chi connectivity index (χ3n) is 4.91. The zero-order valence-electron chi connectivity index (χ0n) is 14.2. The van der Waals surface area contributed by atoms with Crippen molar-refractivity contribution in [3.05, 3.63) is 95.1 Å². The van der Waals surface area contributed by atoms with E-state index < -0.39 is 0 Å². The van der Waals surface area contributed by atoms with Crippen LogP contribution in [0.25, 0.3) is 0 Å². The third-order valence-corrected chi connectivity index (χ3v) is 4.91. The van der Waals surface area contributed by atoms with Crippen molar-refractivity contribution in [3.63, 3.8) is 0 Å². The molecule has 0 fully saturated rings. The van der Waals surface area contributed by atoms with Gasteiger partial charge in [-0.15, -0.1) is 0 Å². The van der Waals surface area contributed by atoms with E-state index >= 15 is 0 Å². The Labute approximate surface area is 140 Å². The molecule has 23 heavy (non-hydrogen) atoms. The van der Waals surface area contributed by atoms with Gasteiger partial charge >= 0.3 is 0 Å². The molecule has 0 spiro atoms. The standard InChI is InChI=1S/C23H26/c1-3-20(4-2)22-15-19(14-18-10-6-5-7-11-18)16-23(17-22)21-12-8-9-13-21/h3,5-13,16-17,21-22H,4,14-15H2,1-2H3/b20-3+. The fourth-order valence-corrected chi connectivity index (χ4v) is 3.68. The summed E-state index contributed by atoms with van der Waals surface area (Å²) in [6.45, 7) is 4.45. The molecule has 1 atom stereocenters. The van der Waals surface area contributed by atoms with Crippen LogP contribution >= 0.6 is 0 Å². The molecular weight excluding hydrogens is 276 g/mol. The van der Waals surface area contributed by atoms with Crippen molar-refractivity contribution in [1.82, 2.24) is 0 Å². The minimum atomic E-state index is 0.457. The molecule has 118 valence electrons. The molecule has 0 N–H and O–H groups in total. The Morgan fingerprint density at radius 3 is 2.52 bits per heavy atom. The monoisotopic (exact) mass is 302 g/mol. The van der Waals surface area contributed by atoms with Gasteiger partial charge in [0.2, 0.25) is 0 Å². The van der Waals surface area contributed by atoms with Crippen molar-refractivity contribution in [2.24, 2.45) is 11.8 Å². The normalized spacial score (nSPS) is 21.5. The first kappa shape index (κ1) is 15.8. The summed E-state index contributed by atoms with van der Waals surface area (Å²) in [4.78, 5) is 0. The van der Waals surface area contributed by atoms with Crippen LogP contribution in [0.2, 0.25) is 0 Å². The molecule has 2 aliphatic carbocycles.